The summed E-state index contributed by atoms with van der Waals surface area (Å²) in [7, 11) is 0. The highest BCUT2D eigenvalue weighted by atomic mass is 19.1. The van der Waals surface area contributed by atoms with Crippen LogP contribution in [0.15, 0.2) is 36.0 Å². The summed E-state index contributed by atoms with van der Waals surface area (Å²) in [6.07, 6.45) is 1.13. The molecule has 0 spiro atoms. The van der Waals surface area contributed by atoms with Crippen molar-refractivity contribution in [2.45, 2.75) is 6.04 Å². The van der Waals surface area contributed by atoms with Crippen molar-refractivity contribution in [1.82, 2.24) is 10.6 Å². The van der Waals surface area contributed by atoms with Crippen molar-refractivity contribution in [1.29, 1.82) is 0 Å². The maximum atomic E-state index is 12.8. The lowest BCUT2D eigenvalue weighted by Gasteiger charge is -2.23. The molecule has 1 aliphatic heterocycles. The minimum Gasteiger partial charge on any atom is -0.478 e. The second-order valence-corrected chi connectivity index (χ2v) is 3.51. The summed E-state index contributed by atoms with van der Waals surface area (Å²) < 4.78 is 12.8. The third kappa shape index (κ3) is 2.25. The summed E-state index contributed by atoms with van der Waals surface area (Å²) >= 11 is 0. The number of carbonyl (C=O) groups excluding carboxylic acids is 1. The van der Waals surface area contributed by atoms with Crippen LogP contribution in [0.2, 0.25) is 0 Å². The van der Waals surface area contributed by atoms with Gasteiger partial charge in [-0.3, -0.25) is 0 Å². The summed E-state index contributed by atoms with van der Waals surface area (Å²) in [5.41, 5.74) is 0.506. The van der Waals surface area contributed by atoms with Crippen LogP contribution in [0.1, 0.15) is 11.6 Å². The molecular weight excluding hydrogens is 227 g/mol. The Morgan fingerprint density at radius 3 is 2.53 bits per heavy atom. The van der Waals surface area contributed by atoms with Crippen LogP contribution >= 0.6 is 0 Å². The number of carbonyl (C=O) groups is 2. The fraction of sp³-hybridized carbons (Fsp3) is 0.0909. The Kier molecular flexibility index (Phi) is 2.78. The molecule has 2 amide bonds. The Hall–Kier alpha value is -2.37. The predicted molar refractivity (Wildman–Crippen MR) is 56.5 cm³/mol. The first-order valence-electron chi connectivity index (χ1n) is 4.84. The van der Waals surface area contributed by atoms with E-state index < -0.39 is 23.9 Å². The first-order valence-corrected chi connectivity index (χ1v) is 4.84. The van der Waals surface area contributed by atoms with E-state index in [4.69, 9.17) is 5.11 Å². The molecular formula is C11H9FN2O3. The number of rotatable bonds is 2. The highest BCUT2D eigenvalue weighted by Gasteiger charge is 2.27. The molecule has 1 aromatic rings. The minimum absolute atomic E-state index is 0.00351. The third-order valence-electron chi connectivity index (χ3n) is 2.40. The van der Waals surface area contributed by atoms with Crippen molar-refractivity contribution in [2.24, 2.45) is 0 Å². The van der Waals surface area contributed by atoms with Gasteiger partial charge in [-0.05, 0) is 17.7 Å². The lowest BCUT2D eigenvalue weighted by molar-refractivity contribution is -0.133. The smallest absolute Gasteiger partial charge is 0.335 e. The topological polar surface area (TPSA) is 78.4 Å². The Bertz CT molecular complexity index is 496. The molecule has 6 heteroatoms. The Morgan fingerprint density at radius 1 is 1.29 bits per heavy atom. The SMILES string of the molecule is O=C1NC=C(C(=O)O)[C@@H](c2ccc(F)cc2)N1. The molecule has 1 heterocycles. The molecule has 1 atom stereocenters. The Balaban J connectivity index is 2.37. The number of amides is 2. The van der Waals surface area contributed by atoms with Gasteiger partial charge in [-0.25, -0.2) is 14.0 Å². The van der Waals surface area contributed by atoms with Gasteiger partial charge in [0.05, 0.1) is 11.6 Å². The second kappa shape index (κ2) is 4.25. The molecule has 1 aromatic carbocycles. The third-order valence-corrected chi connectivity index (χ3v) is 2.40. The van der Waals surface area contributed by atoms with Crippen molar-refractivity contribution in [2.75, 3.05) is 0 Å². The normalized spacial score (nSPS) is 19.0. The molecule has 0 saturated carbocycles. The fourth-order valence-corrected chi connectivity index (χ4v) is 1.58. The number of urea groups is 1. The van der Waals surface area contributed by atoms with Gasteiger partial charge in [0.2, 0.25) is 0 Å². The summed E-state index contributed by atoms with van der Waals surface area (Å²) in [4.78, 5) is 22.1. The van der Waals surface area contributed by atoms with Gasteiger partial charge in [0.15, 0.2) is 0 Å². The van der Waals surface area contributed by atoms with Crippen molar-refractivity contribution in [3.8, 4) is 0 Å². The minimum atomic E-state index is -1.15. The summed E-state index contributed by atoms with van der Waals surface area (Å²) in [6.45, 7) is 0. The maximum Gasteiger partial charge on any atom is 0.335 e. The standard InChI is InChI=1S/C11H9FN2O3/c12-7-3-1-6(2-4-7)9-8(10(15)16)5-13-11(17)14-9/h1-5,9H,(H,15,16)(H2,13,14,17)/t9-/m1/s1. The van der Waals surface area contributed by atoms with Crippen molar-refractivity contribution < 1.29 is 19.1 Å². The van der Waals surface area contributed by atoms with Crippen molar-refractivity contribution in [3.05, 3.63) is 47.4 Å². The molecule has 17 heavy (non-hydrogen) atoms. The first-order chi connectivity index (χ1) is 8.08. The van der Waals surface area contributed by atoms with E-state index in [0.29, 0.717) is 5.56 Å². The second-order valence-electron chi connectivity index (χ2n) is 3.51. The molecule has 0 radical (unpaired) electrons. The highest BCUT2D eigenvalue weighted by molar-refractivity contribution is 5.92. The molecule has 5 nitrogen and oxygen atoms in total. The molecule has 88 valence electrons. The predicted octanol–water partition coefficient (Wildman–Crippen LogP) is 1.15. The number of carboxylic acids is 1. The van der Waals surface area contributed by atoms with Crippen LogP contribution in [0, 0.1) is 5.82 Å². The molecule has 3 N–H and O–H groups in total. The van der Waals surface area contributed by atoms with Crippen LogP contribution < -0.4 is 10.6 Å². The maximum absolute atomic E-state index is 12.8. The van der Waals surface area contributed by atoms with Crippen LogP contribution in [-0.4, -0.2) is 17.1 Å². The zero-order valence-electron chi connectivity index (χ0n) is 8.61. The highest BCUT2D eigenvalue weighted by Crippen LogP contribution is 2.23. The van der Waals surface area contributed by atoms with Gasteiger partial charge in [0, 0.05) is 6.20 Å². The number of hydrogen-bond donors (Lipinski definition) is 3. The van der Waals surface area contributed by atoms with Crippen LogP contribution in [-0.2, 0) is 4.79 Å². The zero-order valence-corrected chi connectivity index (χ0v) is 8.61. The lowest BCUT2D eigenvalue weighted by atomic mass is 9.98. The average molecular weight is 236 g/mol. The van der Waals surface area contributed by atoms with Gasteiger partial charge in [0.25, 0.3) is 0 Å². The molecule has 0 aromatic heterocycles. The number of halogens is 1. The number of benzene rings is 1. The van der Waals surface area contributed by atoms with Crippen LogP contribution in [0.3, 0.4) is 0 Å². The Labute approximate surface area is 95.9 Å². The molecule has 0 aliphatic carbocycles. The summed E-state index contributed by atoms with van der Waals surface area (Å²) in [6, 6.07) is 4.02. The number of hydrogen-bond acceptors (Lipinski definition) is 2. The summed E-state index contributed by atoms with van der Waals surface area (Å²) in [5.74, 6) is -1.57. The van der Waals surface area contributed by atoms with E-state index in [9.17, 15) is 14.0 Å². The van der Waals surface area contributed by atoms with E-state index >= 15 is 0 Å². The largest absolute Gasteiger partial charge is 0.478 e. The van der Waals surface area contributed by atoms with E-state index in [1.807, 2.05) is 0 Å². The van der Waals surface area contributed by atoms with Gasteiger partial charge < -0.3 is 15.7 Å². The van der Waals surface area contributed by atoms with Crippen molar-refractivity contribution >= 4 is 12.0 Å². The number of aliphatic carboxylic acids is 1. The summed E-state index contributed by atoms with van der Waals surface area (Å²) in [5, 5.41) is 13.7. The number of nitrogens with one attached hydrogen (secondary N) is 2. The quantitative estimate of drug-likeness (QED) is 0.720. The molecule has 1 aliphatic rings. The monoisotopic (exact) mass is 236 g/mol. The fourth-order valence-electron chi connectivity index (χ4n) is 1.58. The molecule has 0 saturated heterocycles. The van der Waals surface area contributed by atoms with Gasteiger partial charge >= 0.3 is 12.0 Å². The zero-order chi connectivity index (χ0) is 12.4. The van der Waals surface area contributed by atoms with Gasteiger partial charge in [-0.15, -0.1) is 0 Å². The first kappa shape index (κ1) is 11.1. The molecule has 0 fully saturated rings. The van der Waals surface area contributed by atoms with E-state index in [1.165, 1.54) is 24.3 Å². The lowest BCUT2D eigenvalue weighted by Crippen LogP contribution is -2.42. The average Bonchev–Trinajstić information content (AvgIpc) is 2.29. The van der Waals surface area contributed by atoms with Gasteiger partial charge in [0.1, 0.15) is 5.82 Å². The van der Waals surface area contributed by atoms with Gasteiger partial charge in [-0.1, -0.05) is 12.1 Å². The van der Waals surface area contributed by atoms with Crippen LogP contribution in [0.4, 0.5) is 9.18 Å². The van der Waals surface area contributed by atoms with Gasteiger partial charge in [-0.2, -0.15) is 0 Å². The van der Waals surface area contributed by atoms with E-state index in [1.54, 1.807) is 0 Å². The van der Waals surface area contributed by atoms with E-state index in [2.05, 4.69) is 10.6 Å². The Morgan fingerprint density at radius 2 is 1.94 bits per heavy atom. The molecule has 0 bridgehead atoms. The molecule has 0 unspecified atom stereocenters. The molecule has 2 rings (SSSR count). The van der Waals surface area contributed by atoms with Crippen molar-refractivity contribution in [3.63, 3.8) is 0 Å². The van der Waals surface area contributed by atoms with E-state index in [-0.39, 0.29) is 5.57 Å². The van der Waals surface area contributed by atoms with Crippen LogP contribution in [0.25, 0.3) is 0 Å². The number of carboxylic acid groups (broad SMARTS) is 1. The van der Waals surface area contributed by atoms with E-state index in [0.717, 1.165) is 6.20 Å². The van der Waals surface area contributed by atoms with Crippen LogP contribution in [0.5, 0.6) is 0 Å².